The summed E-state index contributed by atoms with van der Waals surface area (Å²) in [4.78, 5) is 14.2. The van der Waals surface area contributed by atoms with Gasteiger partial charge in [-0.05, 0) is 18.1 Å². The summed E-state index contributed by atoms with van der Waals surface area (Å²) in [6.45, 7) is 4.55. The van der Waals surface area contributed by atoms with Gasteiger partial charge in [0.05, 0.1) is 31.3 Å². The summed E-state index contributed by atoms with van der Waals surface area (Å²) in [6, 6.07) is 19.0. The molecule has 0 aliphatic carbocycles. The number of carbonyl (C=O) groups is 1. The number of hydrogen-bond donors (Lipinski definition) is 1. The largest absolute Gasteiger partial charge is 0.386 e. The van der Waals surface area contributed by atoms with Crippen molar-refractivity contribution in [3.05, 3.63) is 71.8 Å². The first-order chi connectivity index (χ1) is 12.0. The molecule has 0 aromatic heterocycles. The molecule has 0 bridgehead atoms. The molecule has 2 aromatic rings. The maximum absolute atomic E-state index is 12.6. The van der Waals surface area contributed by atoms with Crippen LogP contribution in [0.15, 0.2) is 60.7 Å². The first kappa shape index (κ1) is 19.2. The van der Waals surface area contributed by atoms with Crippen molar-refractivity contribution in [3.63, 3.8) is 0 Å². The normalized spacial score (nSPS) is 14.6. The molecular formula is C21H27NO3. The van der Waals surface area contributed by atoms with Crippen molar-refractivity contribution in [3.8, 4) is 0 Å². The average Bonchev–Trinajstić information content (AvgIpc) is 2.67. The van der Waals surface area contributed by atoms with E-state index in [1.54, 1.807) is 11.9 Å². The van der Waals surface area contributed by atoms with Gasteiger partial charge in [0.1, 0.15) is 0 Å². The molecule has 2 aromatic carbocycles. The second-order valence-electron chi connectivity index (χ2n) is 6.45. The molecule has 0 fully saturated rings. The predicted molar refractivity (Wildman–Crippen MR) is 98.9 cm³/mol. The van der Waals surface area contributed by atoms with E-state index in [-0.39, 0.29) is 17.9 Å². The topological polar surface area (TPSA) is 49.8 Å². The van der Waals surface area contributed by atoms with Crippen LogP contribution in [0.4, 0.5) is 0 Å². The Morgan fingerprint density at radius 1 is 1.04 bits per heavy atom. The van der Waals surface area contributed by atoms with Gasteiger partial charge in [0, 0.05) is 7.05 Å². The Balaban J connectivity index is 1.85. The van der Waals surface area contributed by atoms with Crippen LogP contribution in [0, 0.1) is 5.92 Å². The zero-order valence-electron chi connectivity index (χ0n) is 15.1. The molecule has 134 valence electrons. The lowest BCUT2D eigenvalue weighted by atomic mass is 10.0. The fourth-order valence-electron chi connectivity index (χ4n) is 2.69. The van der Waals surface area contributed by atoms with Crippen molar-refractivity contribution in [2.24, 2.45) is 5.92 Å². The summed E-state index contributed by atoms with van der Waals surface area (Å²) in [5.74, 6) is -0.297. The fraction of sp³-hybridized carbons (Fsp3) is 0.381. The smallest absolute Gasteiger partial charge is 0.227 e. The quantitative estimate of drug-likeness (QED) is 0.800. The highest BCUT2D eigenvalue weighted by Gasteiger charge is 2.27. The Morgan fingerprint density at radius 2 is 1.60 bits per heavy atom. The van der Waals surface area contributed by atoms with E-state index in [9.17, 15) is 9.90 Å². The zero-order valence-corrected chi connectivity index (χ0v) is 15.1. The van der Waals surface area contributed by atoms with Gasteiger partial charge in [-0.2, -0.15) is 0 Å². The average molecular weight is 341 g/mol. The van der Waals surface area contributed by atoms with Gasteiger partial charge in [-0.1, -0.05) is 67.6 Å². The lowest BCUT2D eigenvalue weighted by Gasteiger charge is -2.31. The van der Waals surface area contributed by atoms with Crippen molar-refractivity contribution in [1.29, 1.82) is 0 Å². The summed E-state index contributed by atoms with van der Waals surface area (Å²) in [7, 11) is 1.73. The molecule has 2 rings (SSSR count). The van der Waals surface area contributed by atoms with Crippen LogP contribution in [-0.4, -0.2) is 35.6 Å². The first-order valence-corrected chi connectivity index (χ1v) is 8.62. The van der Waals surface area contributed by atoms with Gasteiger partial charge >= 0.3 is 0 Å². The predicted octanol–water partition coefficient (Wildman–Crippen LogP) is 3.42. The van der Waals surface area contributed by atoms with Crippen LogP contribution in [0.5, 0.6) is 0 Å². The molecule has 0 aliphatic rings. The van der Waals surface area contributed by atoms with Crippen LogP contribution >= 0.6 is 0 Å². The Kier molecular flexibility index (Phi) is 7.16. The number of aliphatic hydroxyl groups is 1. The fourth-order valence-corrected chi connectivity index (χ4v) is 2.69. The minimum atomic E-state index is -0.715. The van der Waals surface area contributed by atoms with Crippen LogP contribution < -0.4 is 0 Å². The molecule has 0 saturated heterocycles. The van der Waals surface area contributed by atoms with E-state index >= 15 is 0 Å². The van der Waals surface area contributed by atoms with Crippen molar-refractivity contribution in [2.45, 2.75) is 32.6 Å². The maximum atomic E-state index is 12.6. The van der Waals surface area contributed by atoms with E-state index in [2.05, 4.69) is 0 Å². The zero-order chi connectivity index (χ0) is 18.2. The number of hydrogen-bond acceptors (Lipinski definition) is 3. The third kappa shape index (κ3) is 5.41. The molecule has 0 spiro atoms. The molecule has 4 nitrogen and oxygen atoms in total. The minimum Gasteiger partial charge on any atom is -0.386 e. The third-order valence-electron chi connectivity index (χ3n) is 4.46. The molecule has 4 heteroatoms. The lowest BCUT2D eigenvalue weighted by molar-refractivity contribution is -0.139. The Morgan fingerprint density at radius 3 is 2.20 bits per heavy atom. The highest BCUT2D eigenvalue weighted by atomic mass is 16.5. The maximum Gasteiger partial charge on any atom is 0.227 e. The number of benzene rings is 2. The van der Waals surface area contributed by atoms with E-state index in [0.29, 0.717) is 13.2 Å². The number of amides is 1. The monoisotopic (exact) mass is 341 g/mol. The number of ether oxygens (including phenoxy) is 1. The summed E-state index contributed by atoms with van der Waals surface area (Å²) < 4.78 is 5.67. The standard InChI is InChI=1S/C21H27NO3/c1-16(14-25-15-18-10-6-4-7-11-18)21(24)22(3)17(2)20(23)19-12-8-5-9-13-19/h4-13,16-17,20,23H,14-15H2,1-3H3/t16?,17-,20+/m0/s1. The van der Waals surface area contributed by atoms with Gasteiger partial charge in [-0.3, -0.25) is 4.79 Å². The van der Waals surface area contributed by atoms with E-state index < -0.39 is 6.10 Å². The van der Waals surface area contributed by atoms with Crippen LogP contribution in [0.3, 0.4) is 0 Å². The van der Waals surface area contributed by atoms with Crippen LogP contribution in [0.1, 0.15) is 31.1 Å². The Hall–Kier alpha value is -2.17. The minimum absolute atomic E-state index is 0.0319. The van der Waals surface area contributed by atoms with Gasteiger partial charge < -0.3 is 14.7 Å². The van der Waals surface area contributed by atoms with Gasteiger partial charge in [0.15, 0.2) is 0 Å². The molecule has 1 N–H and O–H groups in total. The second kappa shape index (κ2) is 9.35. The highest BCUT2D eigenvalue weighted by molar-refractivity contribution is 5.78. The molecule has 1 unspecified atom stereocenters. The van der Waals surface area contributed by atoms with Crippen molar-refractivity contribution >= 4 is 5.91 Å². The van der Waals surface area contributed by atoms with Crippen LogP contribution in [0.2, 0.25) is 0 Å². The molecule has 0 saturated carbocycles. The Labute approximate surface area is 150 Å². The van der Waals surface area contributed by atoms with E-state index in [1.165, 1.54) is 0 Å². The first-order valence-electron chi connectivity index (χ1n) is 8.62. The molecule has 0 heterocycles. The number of aliphatic hydroxyl groups excluding tert-OH is 1. The van der Waals surface area contributed by atoms with Gasteiger partial charge in [0.2, 0.25) is 5.91 Å². The van der Waals surface area contributed by atoms with Gasteiger partial charge in [-0.15, -0.1) is 0 Å². The van der Waals surface area contributed by atoms with Gasteiger partial charge in [0.25, 0.3) is 0 Å². The van der Waals surface area contributed by atoms with Crippen LogP contribution in [-0.2, 0) is 16.1 Å². The second-order valence-corrected chi connectivity index (χ2v) is 6.45. The number of carbonyl (C=O) groups excluding carboxylic acids is 1. The SMILES string of the molecule is CC(COCc1ccccc1)C(=O)N(C)[C@@H](C)[C@@H](O)c1ccccc1. The lowest BCUT2D eigenvalue weighted by Crippen LogP contribution is -2.42. The summed E-state index contributed by atoms with van der Waals surface area (Å²) in [5.41, 5.74) is 1.89. The molecule has 0 radical (unpaired) electrons. The van der Waals surface area contributed by atoms with Crippen LogP contribution in [0.25, 0.3) is 0 Å². The molecule has 3 atom stereocenters. The van der Waals surface area contributed by atoms with E-state index in [0.717, 1.165) is 11.1 Å². The molecule has 1 amide bonds. The van der Waals surface area contributed by atoms with E-state index in [1.807, 2.05) is 74.5 Å². The van der Waals surface area contributed by atoms with Gasteiger partial charge in [-0.25, -0.2) is 0 Å². The Bertz CT molecular complexity index is 645. The summed E-state index contributed by atoms with van der Waals surface area (Å²) in [6.07, 6.45) is -0.715. The molecule has 25 heavy (non-hydrogen) atoms. The molecular weight excluding hydrogens is 314 g/mol. The van der Waals surface area contributed by atoms with E-state index in [4.69, 9.17) is 4.74 Å². The summed E-state index contributed by atoms with van der Waals surface area (Å²) in [5, 5.41) is 10.5. The number of rotatable bonds is 8. The van der Waals surface area contributed by atoms with Crippen molar-refractivity contribution < 1.29 is 14.6 Å². The van der Waals surface area contributed by atoms with Crippen molar-refractivity contribution in [2.75, 3.05) is 13.7 Å². The number of likely N-dealkylation sites (N-methyl/N-ethyl adjacent to an activating group) is 1. The number of nitrogens with zero attached hydrogens (tertiary/aromatic N) is 1. The third-order valence-corrected chi connectivity index (χ3v) is 4.46. The highest BCUT2D eigenvalue weighted by Crippen LogP contribution is 2.21. The van der Waals surface area contributed by atoms with Crippen molar-refractivity contribution in [1.82, 2.24) is 4.90 Å². The molecule has 0 aliphatic heterocycles. The summed E-state index contributed by atoms with van der Waals surface area (Å²) >= 11 is 0.